The quantitative estimate of drug-likeness (QED) is 0.135. The van der Waals surface area contributed by atoms with E-state index >= 15 is 0 Å². The number of halogens is 1. The smallest absolute Gasteiger partial charge is 0.266 e. The van der Waals surface area contributed by atoms with Crippen molar-refractivity contribution in [3.05, 3.63) is 117 Å². The third-order valence-electron chi connectivity index (χ3n) is 6.63. The summed E-state index contributed by atoms with van der Waals surface area (Å²) in [5, 5.41) is 12.5. The van der Waals surface area contributed by atoms with Crippen molar-refractivity contribution in [1.29, 1.82) is 5.26 Å². The van der Waals surface area contributed by atoms with E-state index in [0.717, 1.165) is 22.3 Å². The molecule has 0 fully saturated rings. The number of anilines is 1. The Labute approximate surface area is 254 Å². The van der Waals surface area contributed by atoms with Gasteiger partial charge in [0, 0.05) is 5.69 Å². The van der Waals surface area contributed by atoms with Gasteiger partial charge >= 0.3 is 0 Å². The molecule has 8 heteroatoms. The molecule has 214 valence electrons. The molecule has 0 spiro atoms. The van der Waals surface area contributed by atoms with Crippen molar-refractivity contribution in [1.82, 2.24) is 0 Å². The number of methoxy groups -OCH3 is 2. The van der Waals surface area contributed by atoms with E-state index in [9.17, 15) is 10.1 Å². The second-order valence-corrected chi connectivity index (χ2v) is 10.3. The van der Waals surface area contributed by atoms with E-state index in [0.29, 0.717) is 45.3 Å². The van der Waals surface area contributed by atoms with E-state index < -0.39 is 5.91 Å². The second-order valence-electron chi connectivity index (χ2n) is 9.45. The molecule has 0 aliphatic heterocycles. The number of nitrogens with zero attached hydrogens (tertiary/aromatic N) is 1. The fourth-order valence-electron chi connectivity index (χ4n) is 4.17. The second kappa shape index (κ2) is 14.2. The lowest BCUT2D eigenvalue weighted by Gasteiger charge is -2.15. The first kappa shape index (κ1) is 30.2. The van der Waals surface area contributed by atoms with Gasteiger partial charge in [-0.25, -0.2) is 0 Å². The molecule has 0 aliphatic rings. The largest absolute Gasteiger partial charge is 0.493 e. The highest BCUT2D eigenvalue weighted by atomic mass is 79.9. The average molecular weight is 628 g/mol. The van der Waals surface area contributed by atoms with Crippen molar-refractivity contribution in [2.45, 2.75) is 27.1 Å². The third-order valence-corrected chi connectivity index (χ3v) is 7.22. The lowest BCUT2D eigenvalue weighted by atomic mass is 10.1. The van der Waals surface area contributed by atoms with Gasteiger partial charge in [0.15, 0.2) is 23.0 Å². The van der Waals surface area contributed by atoms with Crippen LogP contribution in [0.1, 0.15) is 27.8 Å². The molecule has 0 unspecified atom stereocenters. The van der Waals surface area contributed by atoms with E-state index in [1.54, 1.807) is 19.2 Å². The predicted octanol–water partition coefficient (Wildman–Crippen LogP) is 7.79. The molecule has 0 aliphatic carbocycles. The highest BCUT2D eigenvalue weighted by molar-refractivity contribution is 9.10. The summed E-state index contributed by atoms with van der Waals surface area (Å²) in [7, 11) is 3.13. The SMILES string of the molecule is COc1cc(COc2c(Br)cc(/C=C(/C#N)C(=O)Nc3cccc(C)c3C)cc2OC)ccc1OCc1ccccc1. The summed E-state index contributed by atoms with van der Waals surface area (Å²) in [6.45, 7) is 4.55. The number of hydrogen-bond donors (Lipinski definition) is 1. The Morgan fingerprint density at radius 1 is 0.857 bits per heavy atom. The number of rotatable bonds is 11. The summed E-state index contributed by atoms with van der Waals surface area (Å²) in [6.07, 6.45) is 1.51. The van der Waals surface area contributed by atoms with Gasteiger partial charge in [-0.15, -0.1) is 0 Å². The molecule has 4 aromatic carbocycles. The number of benzene rings is 4. The van der Waals surface area contributed by atoms with Crippen LogP contribution < -0.4 is 24.3 Å². The zero-order valence-electron chi connectivity index (χ0n) is 23.9. The summed E-state index contributed by atoms with van der Waals surface area (Å²) >= 11 is 3.55. The normalized spacial score (nSPS) is 10.9. The summed E-state index contributed by atoms with van der Waals surface area (Å²) in [4.78, 5) is 12.9. The zero-order chi connectivity index (χ0) is 30.1. The van der Waals surface area contributed by atoms with Crippen LogP contribution in [0, 0.1) is 25.2 Å². The fourth-order valence-corrected chi connectivity index (χ4v) is 4.74. The topological polar surface area (TPSA) is 89.8 Å². The van der Waals surface area contributed by atoms with Crippen molar-refractivity contribution in [2.24, 2.45) is 0 Å². The molecule has 0 aromatic heterocycles. The summed E-state index contributed by atoms with van der Waals surface area (Å²) in [5.41, 5.74) is 5.14. The van der Waals surface area contributed by atoms with Crippen LogP contribution in [0.2, 0.25) is 0 Å². The predicted molar refractivity (Wildman–Crippen MR) is 167 cm³/mol. The first-order valence-corrected chi connectivity index (χ1v) is 14.0. The van der Waals surface area contributed by atoms with E-state index in [-0.39, 0.29) is 12.2 Å². The van der Waals surface area contributed by atoms with Gasteiger partial charge in [-0.3, -0.25) is 4.79 Å². The van der Waals surface area contributed by atoms with Crippen LogP contribution in [0.4, 0.5) is 5.69 Å². The first-order chi connectivity index (χ1) is 20.3. The average Bonchev–Trinajstić information content (AvgIpc) is 3.00. The van der Waals surface area contributed by atoms with Crippen LogP contribution in [-0.2, 0) is 18.0 Å². The van der Waals surface area contributed by atoms with Crippen LogP contribution in [0.15, 0.2) is 88.9 Å². The third kappa shape index (κ3) is 7.50. The van der Waals surface area contributed by atoms with Gasteiger partial charge in [0.2, 0.25) is 0 Å². The van der Waals surface area contributed by atoms with Crippen LogP contribution in [0.3, 0.4) is 0 Å². The number of aryl methyl sites for hydroxylation is 1. The molecule has 0 heterocycles. The number of carbonyl (C=O) groups is 1. The number of carbonyl (C=O) groups excluding carboxylic acids is 1. The Bertz CT molecular complexity index is 1640. The van der Waals surface area contributed by atoms with Crippen LogP contribution in [-0.4, -0.2) is 20.1 Å². The van der Waals surface area contributed by atoms with Crippen LogP contribution in [0.5, 0.6) is 23.0 Å². The maximum Gasteiger partial charge on any atom is 0.266 e. The summed E-state index contributed by atoms with van der Waals surface area (Å²) in [5.74, 6) is 1.66. The van der Waals surface area contributed by atoms with Gasteiger partial charge in [-0.2, -0.15) is 5.26 Å². The van der Waals surface area contributed by atoms with Gasteiger partial charge in [0.05, 0.1) is 18.7 Å². The van der Waals surface area contributed by atoms with E-state index in [4.69, 9.17) is 18.9 Å². The molecule has 1 amide bonds. The highest BCUT2D eigenvalue weighted by Gasteiger charge is 2.16. The van der Waals surface area contributed by atoms with Crippen molar-refractivity contribution in [3.63, 3.8) is 0 Å². The Kier molecular flexibility index (Phi) is 10.2. The van der Waals surface area contributed by atoms with Crippen molar-refractivity contribution in [2.75, 3.05) is 19.5 Å². The lowest BCUT2D eigenvalue weighted by Crippen LogP contribution is -2.14. The molecule has 0 radical (unpaired) electrons. The minimum Gasteiger partial charge on any atom is -0.493 e. The van der Waals surface area contributed by atoms with E-state index in [1.807, 2.05) is 86.6 Å². The number of amides is 1. The number of nitriles is 1. The first-order valence-electron chi connectivity index (χ1n) is 13.2. The number of ether oxygens (including phenoxy) is 4. The molecular weight excluding hydrogens is 596 g/mol. The minimum atomic E-state index is -0.494. The standard InChI is InChI=1S/C34H31BrN2O5/c1-22-9-8-12-29(23(22)2)37-34(38)27(19-36)15-26-16-28(35)33(32(18-26)40-4)42-21-25-13-14-30(31(17-25)39-3)41-20-24-10-6-5-7-11-24/h5-18H,20-21H2,1-4H3,(H,37,38)/b27-15-. The van der Waals surface area contributed by atoms with Crippen molar-refractivity contribution in [3.8, 4) is 29.1 Å². The van der Waals surface area contributed by atoms with Gasteiger partial charge in [0.1, 0.15) is 24.9 Å². The fraction of sp³-hybridized carbons (Fsp3) is 0.176. The Morgan fingerprint density at radius 2 is 1.60 bits per heavy atom. The van der Waals surface area contributed by atoms with E-state index in [2.05, 4.69) is 21.2 Å². The molecule has 4 rings (SSSR count). The Balaban J connectivity index is 1.48. The Morgan fingerprint density at radius 3 is 2.31 bits per heavy atom. The van der Waals surface area contributed by atoms with Gasteiger partial charge < -0.3 is 24.3 Å². The van der Waals surface area contributed by atoms with Crippen LogP contribution >= 0.6 is 15.9 Å². The highest BCUT2D eigenvalue weighted by Crippen LogP contribution is 2.38. The molecular formula is C34H31BrN2O5. The monoisotopic (exact) mass is 626 g/mol. The molecule has 0 saturated carbocycles. The molecule has 0 atom stereocenters. The minimum absolute atomic E-state index is 0.0415. The van der Waals surface area contributed by atoms with Crippen molar-refractivity contribution < 1.29 is 23.7 Å². The molecule has 0 saturated heterocycles. The van der Waals surface area contributed by atoms with Crippen LogP contribution in [0.25, 0.3) is 6.08 Å². The molecule has 1 N–H and O–H groups in total. The lowest BCUT2D eigenvalue weighted by molar-refractivity contribution is -0.112. The van der Waals surface area contributed by atoms with E-state index in [1.165, 1.54) is 13.2 Å². The molecule has 7 nitrogen and oxygen atoms in total. The maximum atomic E-state index is 12.9. The summed E-state index contributed by atoms with van der Waals surface area (Å²) < 4.78 is 23.8. The van der Waals surface area contributed by atoms with Gasteiger partial charge in [-0.1, -0.05) is 48.5 Å². The van der Waals surface area contributed by atoms with Crippen molar-refractivity contribution >= 4 is 33.6 Å². The summed E-state index contributed by atoms with van der Waals surface area (Å²) in [6, 6.07) is 26.7. The maximum absolute atomic E-state index is 12.9. The number of nitrogens with one attached hydrogen (secondary N) is 1. The number of hydrogen-bond acceptors (Lipinski definition) is 6. The molecule has 0 bridgehead atoms. The molecule has 4 aromatic rings. The zero-order valence-corrected chi connectivity index (χ0v) is 25.4. The van der Waals surface area contributed by atoms with Gasteiger partial charge in [0.25, 0.3) is 5.91 Å². The molecule has 42 heavy (non-hydrogen) atoms. The Hall–Kier alpha value is -4.74. The van der Waals surface area contributed by atoms with Gasteiger partial charge in [-0.05, 0) is 94.0 Å².